The van der Waals surface area contributed by atoms with Crippen LogP contribution in [0.15, 0.2) is 53.4 Å². The van der Waals surface area contributed by atoms with Crippen molar-refractivity contribution in [2.45, 2.75) is 23.4 Å². The van der Waals surface area contributed by atoms with Gasteiger partial charge in [-0.2, -0.15) is 0 Å². The van der Waals surface area contributed by atoms with Crippen molar-refractivity contribution < 1.29 is 22.8 Å². The topological polar surface area (TPSA) is 116 Å². The first-order valence-electron chi connectivity index (χ1n) is 9.94. The van der Waals surface area contributed by atoms with Crippen LogP contribution in [0.2, 0.25) is 0 Å². The number of nitrogens with one attached hydrogen (secondary N) is 2. The zero-order chi connectivity index (χ0) is 21.8. The number of sulfonamides is 1. The maximum atomic E-state index is 13.0. The zero-order valence-corrected chi connectivity index (χ0v) is 17.3. The Hall–Kier alpha value is -3.40. The van der Waals surface area contributed by atoms with Gasteiger partial charge in [-0.1, -0.05) is 24.3 Å². The first-order valence-corrected chi connectivity index (χ1v) is 11.4. The third-order valence-corrected chi connectivity index (χ3v) is 7.72. The van der Waals surface area contributed by atoms with Crippen molar-refractivity contribution >= 4 is 33.4 Å². The molecule has 1 atom stereocenters. The molecule has 0 aromatic heterocycles. The maximum Gasteiger partial charge on any atom is 0.269 e. The molecule has 0 bridgehead atoms. The van der Waals surface area contributed by atoms with Crippen LogP contribution in [0.25, 0.3) is 0 Å². The van der Waals surface area contributed by atoms with Gasteiger partial charge in [0.05, 0.1) is 17.7 Å². The summed E-state index contributed by atoms with van der Waals surface area (Å²) >= 11 is 0. The predicted octanol–water partition coefficient (Wildman–Crippen LogP) is 1.01. The summed E-state index contributed by atoms with van der Waals surface area (Å²) in [5.41, 5.74) is 0.454. The van der Waals surface area contributed by atoms with Crippen LogP contribution in [0.3, 0.4) is 0 Å². The number of carbonyl (C=O) groups excluding carboxylic acids is 3. The Morgan fingerprint density at radius 1 is 1.00 bits per heavy atom. The van der Waals surface area contributed by atoms with Gasteiger partial charge in [0.15, 0.2) is 0 Å². The van der Waals surface area contributed by atoms with E-state index in [2.05, 4.69) is 10.6 Å². The van der Waals surface area contributed by atoms with E-state index in [9.17, 15) is 22.8 Å². The minimum absolute atomic E-state index is 0.0724. The fraction of sp³-hybridized carbons (Fsp3) is 0.286. The van der Waals surface area contributed by atoms with Gasteiger partial charge in [-0.3, -0.25) is 14.4 Å². The largest absolute Gasteiger partial charge is 0.361 e. The van der Waals surface area contributed by atoms with Crippen molar-refractivity contribution in [3.63, 3.8) is 0 Å². The van der Waals surface area contributed by atoms with Crippen LogP contribution in [0.1, 0.15) is 33.6 Å². The molecule has 2 aromatic carbocycles. The van der Waals surface area contributed by atoms with E-state index >= 15 is 0 Å². The van der Waals surface area contributed by atoms with Crippen molar-refractivity contribution in [3.8, 4) is 0 Å². The van der Waals surface area contributed by atoms with E-state index in [1.165, 1.54) is 17.0 Å². The highest BCUT2D eigenvalue weighted by Gasteiger charge is 2.45. The molecule has 0 saturated carbocycles. The zero-order valence-electron chi connectivity index (χ0n) is 16.5. The van der Waals surface area contributed by atoms with Crippen LogP contribution in [-0.2, 0) is 14.8 Å². The molecule has 0 radical (unpaired) electrons. The lowest BCUT2D eigenvalue weighted by Crippen LogP contribution is -2.66. The van der Waals surface area contributed by atoms with E-state index in [0.717, 1.165) is 0 Å². The summed E-state index contributed by atoms with van der Waals surface area (Å²) in [5, 5.41) is 6.30. The van der Waals surface area contributed by atoms with Gasteiger partial charge in [0.1, 0.15) is 17.1 Å². The molecule has 10 heteroatoms. The molecule has 0 aliphatic carbocycles. The Morgan fingerprint density at radius 2 is 1.71 bits per heavy atom. The van der Waals surface area contributed by atoms with Crippen molar-refractivity contribution in [2.24, 2.45) is 0 Å². The van der Waals surface area contributed by atoms with Gasteiger partial charge >= 0.3 is 0 Å². The van der Waals surface area contributed by atoms with Crippen molar-refractivity contribution in [2.75, 3.05) is 25.0 Å². The third-order valence-electron chi connectivity index (χ3n) is 5.93. The van der Waals surface area contributed by atoms with Crippen molar-refractivity contribution in [3.05, 3.63) is 59.7 Å². The second kappa shape index (κ2) is 6.81. The lowest BCUT2D eigenvalue weighted by molar-refractivity contribution is -0.133. The lowest BCUT2D eigenvalue weighted by atomic mass is 9.93. The number of nitrogens with zero attached hydrogens (tertiary/aromatic N) is 2. The standard InChI is InChI=1S/C21H20N4O5S/c26-18(12-25-20(28)15-7-2-4-9-17(15)31(25,29)30)24-11-5-10-21(13-24)22-16-8-3-1-6-14(16)19(27)23-21/h1-4,6-9,22H,5,10-13H2,(H,23,27)/t21-/m1/s1. The summed E-state index contributed by atoms with van der Waals surface area (Å²) in [7, 11) is -4.06. The van der Waals surface area contributed by atoms with Crippen LogP contribution < -0.4 is 10.6 Å². The fourth-order valence-corrected chi connectivity index (χ4v) is 5.96. The number of hydrogen-bond acceptors (Lipinski definition) is 6. The number of hydrogen-bond donors (Lipinski definition) is 2. The molecule has 0 unspecified atom stereocenters. The van der Waals surface area contributed by atoms with Crippen LogP contribution in [0, 0.1) is 0 Å². The quantitative estimate of drug-likeness (QED) is 0.720. The van der Waals surface area contributed by atoms with E-state index in [4.69, 9.17) is 0 Å². The number of para-hydroxylation sites is 1. The van der Waals surface area contributed by atoms with E-state index < -0.39 is 34.0 Å². The first kappa shape index (κ1) is 19.6. The summed E-state index contributed by atoms with van der Waals surface area (Å²) in [6.07, 6.45) is 1.23. The number of rotatable bonds is 2. The average molecular weight is 440 g/mol. The molecule has 3 amide bonds. The summed E-state index contributed by atoms with van der Waals surface area (Å²) < 4.78 is 26.1. The van der Waals surface area contributed by atoms with Gasteiger partial charge in [-0.25, -0.2) is 12.7 Å². The molecular weight excluding hydrogens is 420 g/mol. The maximum absolute atomic E-state index is 13.0. The monoisotopic (exact) mass is 440 g/mol. The molecular formula is C21H20N4O5S. The Balaban J connectivity index is 1.36. The van der Waals surface area contributed by atoms with Crippen LogP contribution >= 0.6 is 0 Å². The van der Waals surface area contributed by atoms with E-state index in [0.29, 0.717) is 34.9 Å². The first-order chi connectivity index (χ1) is 14.8. The molecule has 31 heavy (non-hydrogen) atoms. The highest BCUT2D eigenvalue weighted by atomic mass is 32.2. The molecule has 1 fully saturated rings. The van der Waals surface area contributed by atoms with Crippen molar-refractivity contribution in [1.82, 2.24) is 14.5 Å². The Bertz CT molecular complexity index is 1230. The Morgan fingerprint density at radius 3 is 2.48 bits per heavy atom. The normalized spacial score (nSPS) is 23.7. The van der Waals surface area contributed by atoms with Gasteiger partial charge in [0.2, 0.25) is 5.91 Å². The van der Waals surface area contributed by atoms with E-state index in [-0.39, 0.29) is 22.9 Å². The summed E-state index contributed by atoms with van der Waals surface area (Å²) in [5.74, 6) is -1.41. The number of fused-ring (bicyclic) bond motifs is 2. The number of carbonyl (C=O) groups is 3. The number of piperidine rings is 1. The minimum atomic E-state index is -4.06. The Labute approximate surface area is 179 Å². The molecule has 3 aliphatic rings. The highest BCUT2D eigenvalue weighted by molar-refractivity contribution is 7.90. The average Bonchev–Trinajstić information content (AvgIpc) is 2.94. The van der Waals surface area contributed by atoms with Crippen molar-refractivity contribution in [1.29, 1.82) is 0 Å². The molecule has 160 valence electrons. The molecule has 2 aromatic rings. The predicted molar refractivity (Wildman–Crippen MR) is 111 cm³/mol. The highest BCUT2D eigenvalue weighted by Crippen LogP contribution is 2.32. The van der Waals surface area contributed by atoms with Crippen LogP contribution in [-0.4, -0.2) is 60.6 Å². The third kappa shape index (κ3) is 3.05. The fourth-order valence-electron chi connectivity index (χ4n) is 4.45. The molecule has 3 heterocycles. The molecule has 3 aliphatic heterocycles. The number of benzene rings is 2. The van der Waals surface area contributed by atoms with Gasteiger partial charge in [0, 0.05) is 12.2 Å². The summed E-state index contributed by atoms with van der Waals surface area (Å²) in [6.45, 7) is 0.00615. The van der Waals surface area contributed by atoms with Crippen LogP contribution in [0.5, 0.6) is 0 Å². The second-order valence-electron chi connectivity index (χ2n) is 7.94. The molecule has 1 spiro atoms. The smallest absolute Gasteiger partial charge is 0.269 e. The molecule has 1 saturated heterocycles. The summed E-state index contributed by atoms with van der Waals surface area (Å²) in [4.78, 5) is 39.6. The molecule has 9 nitrogen and oxygen atoms in total. The van der Waals surface area contributed by atoms with Gasteiger partial charge in [-0.05, 0) is 37.1 Å². The SMILES string of the molecule is O=C1N[C@@]2(CCCN(C(=O)CN3C(=O)c4ccccc4S3(=O)=O)C2)Nc2ccccc21. The van der Waals surface area contributed by atoms with Crippen LogP contribution in [0.4, 0.5) is 5.69 Å². The minimum Gasteiger partial charge on any atom is -0.361 e. The molecule has 2 N–H and O–H groups in total. The van der Waals surface area contributed by atoms with E-state index in [1.54, 1.807) is 24.3 Å². The second-order valence-corrected chi connectivity index (χ2v) is 9.77. The van der Waals surface area contributed by atoms with Gasteiger partial charge < -0.3 is 15.5 Å². The number of anilines is 1. The lowest BCUT2D eigenvalue weighted by Gasteiger charge is -2.46. The van der Waals surface area contributed by atoms with Gasteiger partial charge in [0.25, 0.3) is 21.8 Å². The van der Waals surface area contributed by atoms with E-state index in [1.807, 2.05) is 12.1 Å². The number of likely N-dealkylation sites (tertiary alicyclic amines) is 1. The molecule has 5 rings (SSSR count). The number of amides is 3. The summed E-state index contributed by atoms with van der Waals surface area (Å²) in [6, 6.07) is 13.1. The Kier molecular flexibility index (Phi) is 4.30. The van der Waals surface area contributed by atoms with Gasteiger partial charge in [-0.15, -0.1) is 0 Å².